The molecule has 0 saturated heterocycles. The van der Waals surface area contributed by atoms with E-state index in [-0.39, 0.29) is 12.4 Å². The Morgan fingerprint density at radius 3 is 2.29 bits per heavy atom. The van der Waals surface area contributed by atoms with E-state index >= 15 is 0 Å². The van der Waals surface area contributed by atoms with E-state index in [9.17, 15) is 4.39 Å². The molecular formula is C14H14FNO. The van der Waals surface area contributed by atoms with E-state index in [1.807, 2.05) is 24.3 Å². The van der Waals surface area contributed by atoms with Crippen molar-refractivity contribution >= 4 is 0 Å². The largest absolute Gasteiger partial charge is 0.497 e. The summed E-state index contributed by atoms with van der Waals surface area (Å²) < 4.78 is 18.4. The van der Waals surface area contributed by atoms with Crippen molar-refractivity contribution in [3.8, 4) is 16.9 Å². The molecule has 0 radical (unpaired) electrons. The van der Waals surface area contributed by atoms with Crippen molar-refractivity contribution < 1.29 is 9.13 Å². The highest BCUT2D eigenvalue weighted by atomic mass is 19.1. The Kier molecular flexibility index (Phi) is 3.40. The topological polar surface area (TPSA) is 35.2 Å². The van der Waals surface area contributed by atoms with E-state index in [1.54, 1.807) is 19.2 Å². The lowest BCUT2D eigenvalue weighted by molar-refractivity contribution is 0.415. The fraction of sp³-hybridized carbons (Fsp3) is 0.143. The second-order valence-corrected chi connectivity index (χ2v) is 3.74. The van der Waals surface area contributed by atoms with Gasteiger partial charge in [-0.05, 0) is 35.4 Å². The molecule has 2 rings (SSSR count). The first-order chi connectivity index (χ1) is 8.24. The van der Waals surface area contributed by atoms with Gasteiger partial charge in [-0.25, -0.2) is 4.39 Å². The van der Waals surface area contributed by atoms with Gasteiger partial charge in [-0.15, -0.1) is 0 Å². The van der Waals surface area contributed by atoms with Gasteiger partial charge in [0.2, 0.25) is 0 Å². The van der Waals surface area contributed by atoms with E-state index in [2.05, 4.69) is 0 Å². The summed E-state index contributed by atoms with van der Waals surface area (Å²) in [5.41, 5.74) is 7.98. The number of rotatable bonds is 3. The summed E-state index contributed by atoms with van der Waals surface area (Å²) >= 11 is 0. The normalized spacial score (nSPS) is 10.3. The number of benzene rings is 2. The third-order valence-corrected chi connectivity index (χ3v) is 2.69. The number of methoxy groups -OCH3 is 1. The minimum absolute atomic E-state index is 0.204. The van der Waals surface area contributed by atoms with Gasteiger partial charge in [0.1, 0.15) is 11.6 Å². The minimum Gasteiger partial charge on any atom is -0.497 e. The summed E-state index contributed by atoms with van der Waals surface area (Å²) in [4.78, 5) is 0. The lowest BCUT2D eigenvalue weighted by Crippen LogP contribution is -1.99. The number of hydrogen-bond acceptors (Lipinski definition) is 2. The molecule has 0 spiro atoms. The van der Waals surface area contributed by atoms with Gasteiger partial charge in [-0.3, -0.25) is 0 Å². The molecule has 2 nitrogen and oxygen atoms in total. The Morgan fingerprint density at radius 2 is 1.71 bits per heavy atom. The van der Waals surface area contributed by atoms with Crippen molar-refractivity contribution in [3.05, 3.63) is 53.8 Å². The Morgan fingerprint density at radius 1 is 1.06 bits per heavy atom. The van der Waals surface area contributed by atoms with E-state index < -0.39 is 0 Å². The summed E-state index contributed by atoms with van der Waals surface area (Å²) in [6.45, 7) is 0.204. The van der Waals surface area contributed by atoms with Gasteiger partial charge in [0.25, 0.3) is 0 Å². The van der Waals surface area contributed by atoms with Gasteiger partial charge >= 0.3 is 0 Å². The molecule has 0 saturated carbocycles. The molecule has 0 aliphatic rings. The third-order valence-electron chi connectivity index (χ3n) is 2.69. The predicted octanol–water partition coefficient (Wildman–Crippen LogP) is 2.96. The summed E-state index contributed by atoms with van der Waals surface area (Å²) in [5.74, 6) is 0.541. The van der Waals surface area contributed by atoms with Gasteiger partial charge in [-0.2, -0.15) is 0 Å². The van der Waals surface area contributed by atoms with Crippen LogP contribution in [0.15, 0.2) is 42.5 Å². The van der Waals surface area contributed by atoms with Gasteiger partial charge in [-0.1, -0.05) is 18.2 Å². The van der Waals surface area contributed by atoms with Gasteiger partial charge in [0, 0.05) is 12.1 Å². The lowest BCUT2D eigenvalue weighted by atomic mass is 10.0. The average Bonchev–Trinajstić information content (AvgIpc) is 2.39. The standard InChI is InChI=1S/C14H14FNO/c1-17-13-5-2-10(3-6-13)11-4-7-14(15)12(8-11)9-16/h2-8H,9,16H2,1H3. The molecule has 3 heteroatoms. The van der Waals surface area contributed by atoms with Gasteiger partial charge in [0.15, 0.2) is 0 Å². The maximum absolute atomic E-state index is 13.3. The molecule has 0 bridgehead atoms. The van der Waals surface area contributed by atoms with Gasteiger partial charge < -0.3 is 10.5 Å². The molecule has 17 heavy (non-hydrogen) atoms. The lowest BCUT2D eigenvalue weighted by Gasteiger charge is -2.06. The molecule has 0 aliphatic heterocycles. The van der Waals surface area contributed by atoms with Crippen LogP contribution in [0.4, 0.5) is 4.39 Å². The van der Waals surface area contributed by atoms with Crippen LogP contribution in [-0.2, 0) is 6.54 Å². The number of halogens is 1. The van der Waals surface area contributed by atoms with E-state index in [0.29, 0.717) is 5.56 Å². The van der Waals surface area contributed by atoms with Crippen molar-refractivity contribution in [3.63, 3.8) is 0 Å². The molecule has 0 amide bonds. The Balaban J connectivity index is 2.38. The third kappa shape index (κ3) is 2.45. The van der Waals surface area contributed by atoms with Crippen LogP contribution >= 0.6 is 0 Å². The van der Waals surface area contributed by atoms with Crippen LogP contribution < -0.4 is 10.5 Å². The fourth-order valence-electron chi connectivity index (χ4n) is 1.69. The van der Waals surface area contributed by atoms with E-state index in [4.69, 9.17) is 10.5 Å². The highest BCUT2D eigenvalue weighted by Gasteiger charge is 2.04. The van der Waals surface area contributed by atoms with Crippen molar-refractivity contribution in [2.24, 2.45) is 5.73 Å². The molecule has 88 valence electrons. The molecular weight excluding hydrogens is 217 g/mol. The Labute approximate surface area is 99.8 Å². The Bertz CT molecular complexity index is 508. The molecule has 0 fully saturated rings. The quantitative estimate of drug-likeness (QED) is 0.881. The van der Waals surface area contributed by atoms with Crippen LogP contribution in [0.5, 0.6) is 5.75 Å². The molecule has 0 heterocycles. The summed E-state index contributed by atoms with van der Waals surface area (Å²) in [7, 11) is 1.62. The number of ether oxygens (including phenoxy) is 1. The summed E-state index contributed by atoms with van der Waals surface area (Å²) in [6, 6.07) is 12.6. The zero-order valence-corrected chi connectivity index (χ0v) is 9.61. The number of hydrogen-bond donors (Lipinski definition) is 1. The monoisotopic (exact) mass is 231 g/mol. The van der Waals surface area contributed by atoms with Crippen molar-refractivity contribution in [2.45, 2.75) is 6.54 Å². The van der Waals surface area contributed by atoms with Crippen LogP contribution in [-0.4, -0.2) is 7.11 Å². The molecule has 0 aliphatic carbocycles. The average molecular weight is 231 g/mol. The first-order valence-electron chi connectivity index (χ1n) is 5.37. The van der Waals surface area contributed by atoms with Crippen molar-refractivity contribution in [2.75, 3.05) is 7.11 Å². The molecule has 0 atom stereocenters. The molecule has 2 aromatic carbocycles. The summed E-state index contributed by atoms with van der Waals surface area (Å²) in [6.07, 6.45) is 0. The molecule has 2 aromatic rings. The second kappa shape index (κ2) is 4.97. The maximum Gasteiger partial charge on any atom is 0.127 e. The first-order valence-corrected chi connectivity index (χ1v) is 5.37. The minimum atomic E-state index is -0.259. The van der Waals surface area contributed by atoms with Gasteiger partial charge in [0.05, 0.1) is 7.11 Å². The number of nitrogens with two attached hydrogens (primary N) is 1. The van der Waals surface area contributed by atoms with Crippen molar-refractivity contribution in [1.82, 2.24) is 0 Å². The highest BCUT2D eigenvalue weighted by molar-refractivity contribution is 5.65. The predicted molar refractivity (Wildman–Crippen MR) is 66.3 cm³/mol. The zero-order chi connectivity index (χ0) is 12.3. The zero-order valence-electron chi connectivity index (χ0n) is 9.61. The van der Waals surface area contributed by atoms with Crippen molar-refractivity contribution in [1.29, 1.82) is 0 Å². The van der Waals surface area contributed by atoms with Crippen LogP contribution in [0.2, 0.25) is 0 Å². The first kappa shape index (κ1) is 11.6. The SMILES string of the molecule is COc1ccc(-c2ccc(F)c(CN)c2)cc1. The van der Waals surface area contributed by atoms with Crippen LogP contribution in [0, 0.1) is 5.82 Å². The van der Waals surface area contributed by atoms with Crippen LogP contribution in [0.3, 0.4) is 0 Å². The van der Waals surface area contributed by atoms with E-state index in [1.165, 1.54) is 6.07 Å². The molecule has 0 unspecified atom stereocenters. The maximum atomic E-state index is 13.3. The van der Waals surface area contributed by atoms with E-state index in [0.717, 1.165) is 16.9 Å². The Hall–Kier alpha value is -1.87. The molecule has 2 N–H and O–H groups in total. The van der Waals surface area contributed by atoms with Crippen LogP contribution in [0.25, 0.3) is 11.1 Å². The second-order valence-electron chi connectivity index (χ2n) is 3.74. The smallest absolute Gasteiger partial charge is 0.127 e. The highest BCUT2D eigenvalue weighted by Crippen LogP contribution is 2.24. The fourth-order valence-corrected chi connectivity index (χ4v) is 1.69. The summed E-state index contributed by atoms with van der Waals surface area (Å²) in [5, 5.41) is 0. The van der Waals surface area contributed by atoms with Crippen LogP contribution in [0.1, 0.15) is 5.56 Å². The molecule has 0 aromatic heterocycles.